The molecule has 2 N–H and O–H groups in total. The fourth-order valence-electron chi connectivity index (χ4n) is 3.45. The average molecular weight is 196 g/mol. The van der Waals surface area contributed by atoms with E-state index in [9.17, 15) is 0 Å². The molecule has 0 bridgehead atoms. The summed E-state index contributed by atoms with van der Waals surface area (Å²) < 4.78 is 0. The Morgan fingerprint density at radius 1 is 1.21 bits per heavy atom. The van der Waals surface area contributed by atoms with E-state index in [4.69, 9.17) is 5.73 Å². The molecule has 1 saturated carbocycles. The van der Waals surface area contributed by atoms with E-state index in [1.54, 1.807) is 0 Å². The van der Waals surface area contributed by atoms with Crippen molar-refractivity contribution in [3.63, 3.8) is 0 Å². The third kappa shape index (κ3) is 1.59. The van der Waals surface area contributed by atoms with Gasteiger partial charge in [0.2, 0.25) is 0 Å². The number of nitrogens with two attached hydrogens (primary N) is 1. The normalized spacial score (nSPS) is 34.1. The van der Waals surface area contributed by atoms with E-state index in [1.807, 2.05) is 0 Å². The fraction of sp³-hybridized carbons (Fsp3) is 1.00. The van der Waals surface area contributed by atoms with E-state index in [2.05, 4.69) is 18.7 Å². The SMILES string of the molecule is CC1(C)C(CN)CCN1C1CCCC1. The standard InChI is InChI=1S/C12H24N2/c1-12(2)10(9-13)7-8-14(12)11-5-3-4-6-11/h10-11H,3-9,13H2,1-2H3. The van der Waals surface area contributed by atoms with E-state index in [0.717, 1.165) is 12.6 Å². The molecule has 82 valence electrons. The Morgan fingerprint density at radius 3 is 2.36 bits per heavy atom. The lowest BCUT2D eigenvalue weighted by Gasteiger charge is -2.39. The highest BCUT2D eigenvalue weighted by molar-refractivity contribution is 4.99. The zero-order chi connectivity index (χ0) is 10.2. The molecule has 2 rings (SSSR count). The van der Waals surface area contributed by atoms with Crippen LogP contribution in [0.4, 0.5) is 0 Å². The molecule has 1 atom stereocenters. The summed E-state index contributed by atoms with van der Waals surface area (Å²) in [5.74, 6) is 0.711. The highest BCUT2D eigenvalue weighted by Crippen LogP contribution is 2.39. The van der Waals surface area contributed by atoms with Gasteiger partial charge in [0.05, 0.1) is 0 Å². The molecule has 2 nitrogen and oxygen atoms in total. The number of likely N-dealkylation sites (tertiary alicyclic amines) is 1. The highest BCUT2D eigenvalue weighted by atomic mass is 15.2. The van der Waals surface area contributed by atoms with Gasteiger partial charge in [-0.2, -0.15) is 0 Å². The molecule has 1 heterocycles. The summed E-state index contributed by atoms with van der Waals surface area (Å²) in [7, 11) is 0. The van der Waals surface area contributed by atoms with Crippen molar-refractivity contribution in [2.24, 2.45) is 11.7 Å². The first-order valence-corrected chi connectivity index (χ1v) is 6.13. The minimum atomic E-state index is 0.351. The van der Waals surface area contributed by atoms with Crippen LogP contribution in [-0.2, 0) is 0 Å². The van der Waals surface area contributed by atoms with Crippen LogP contribution in [0.5, 0.6) is 0 Å². The minimum Gasteiger partial charge on any atom is -0.330 e. The summed E-state index contributed by atoms with van der Waals surface area (Å²) in [6.45, 7) is 6.90. The lowest BCUT2D eigenvalue weighted by Crippen LogP contribution is -2.48. The maximum atomic E-state index is 5.84. The van der Waals surface area contributed by atoms with Gasteiger partial charge < -0.3 is 5.73 Å². The quantitative estimate of drug-likeness (QED) is 0.732. The third-order valence-corrected chi connectivity index (χ3v) is 4.51. The fourth-order valence-corrected chi connectivity index (χ4v) is 3.45. The summed E-state index contributed by atoms with van der Waals surface area (Å²) >= 11 is 0. The maximum absolute atomic E-state index is 5.84. The molecule has 0 radical (unpaired) electrons. The van der Waals surface area contributed by atoms with Crippen LogP contribution in [0, 0.1) is 5.92 Å². The Labute approximate surface area is 87.8 Å². The summed E-state index contributed by atoms with van der Waals surface area (Å²) in [6.07, 6.45) is 7.01. The predicted molar refractivity (Wildman–Crippen MR) is 60.2 cm³/mol. The third-order valence-electron chi connectivity index (χ3n) is 4.51. The van der Waals surface area contributed by atoms with Crippen LogP contribution in [-0.4, -0.2) is 29.6 Å². The molecular formula is C12H24N2. The van der Waals surface area contributed by atoms with Gasteiger partial charge in [0.25, 0.3) is 0 Å². The topological polar surface area (TPSA) is 29.3 Å². The summed E-state index contributed by atoms with van der Waals surface area (Å²) in [5.41, 5.74) is 6.19. The largest absolute Gasteiger partial charge is 0.330 e. The van der Waals surface area contributed by atoms with E-state index in [0.29, 0.717) is 11.5 Å². The molecule has 2 heteroatoms. The Hall–Kier alpha value is -0.0800. The van der Waals surface area contributed by atoms with E-state index < -0.39 is 0 Å². The second kappa shape index (κ2) is 3.82. The summed E-state index contributed by atoms with van der Waals surface area (Å²) in [5, 5.41) is 0. The van der Waals surface area contributed by atoms with Gasteiger partial charge in [0, 0.05) is 11.6 Å². The molecule has 0 amide bonds. The maximum Gasteiger partial charge on any atom is 0.0196 e. The van der Waals surface area contributed by atoms with E-state index >= 15 is 0 Å². The molecule has 0 spiro atoms. The molecule has 1 unspecified atom stereocenters. The van der Waals surface area contributed by atoms with Crippen LogP contribution in [0.3, 0.4) is 0 Å². The predicted octanol–water partition coefficient (Wildman–Crippen LogP) is 1.99. The highest BCUT2D eigenvalue weighted by Gasteiger charge is 2.43. The Bertz CT molecular complexity index is 194. The van der Waals surface area contributed by atoms with Gasteiger partial charge in [-0.25, -0.2) is 0 Å². The van der Waals surface area contributed by atoms with Gasteiger partial charge >= 0.3 is 0 Å². The van der Waals surface area contributed by atoms with Gasteiger partial charge in [0.15, 0.2) is 0 Å². The van der Waals surface area contributed by atoms with Crippen molar-refractivity contribution < 1.29 is 0 Å². The van der Waals surface area contributed by atoms with Crippen LogP contribution in [0.25, 0.3) is 0 Å². The van der Waals surface area contributed by atoms with Crippen molar-refractivity contribution in [3.05, 3.63) is 0 Å². The Kier molecular flexibility index (Phi) is 2.85. The van der Waals surface area contributed by atoms with Crippen molar-refractivity contribution in [1.29, 1.82) is 0 Å². The van der Waals surface area contributed by atoms with Crippen molar-refractivity contribution in [2.45, 2.75) is 57.5 Å². The minimum absolute atomic E-state index is 0.351. The van der Waals surface area contributed by atoms with Crippen molar-refractivity contribution in [2.75, 3.05) is 13.1 Å². The molecule has 1 saturated heterocycles. The smallest absolute Gasteiger partial charge is 0.0196 e. The summed E-state index contributed by atoms with van der Waals surface area (Å²) in [4.78, 5) is 2.73. The Balaban J connectivity index is 2.05. The lowest BCUT2D eigenvalue weighted by molar-refractivity contribution is 0.0928. The van der Waals surface area contributed by atoms with Gasteiger partial charge in [-0.15, -0.1) is 0 Å². The zero-order valence-corrected chi connectivity index (χ0v) is 9.63. The number of hydrogen-bond acceptors (Lipinski definition) is 2. The van der Waals surface area contributed by atoms with Gasteiger partial charge in [-0.1, -0.05) is 12.8 Å². The van der Waals surface area contributed by atoms with Crippen molar-refractivity contribution in [1.82, 2.24) is 4.90 Å². The van der Waals surface area contributed by atoms with Gasteiger partial charge in [-0.3, -0.25) is 4.90 Å². The van der Waals surface area contributed by atoms with Crippen LogP contribution >= 0.6 is 0 Å². The lowest BCUT2D eigenvalue weighted by atomic mass is 9.88. The molecule has 1 aliphatic heterocycles. The molecule has 1 aliphatic carbocycles. The molecule has 2 fully saturated rings. The first kappa shape index (κ1) is 10.4. The molecule has 2 aliphatic rings. The first-order valence-electron chi connectivity index (χ1n) is 6.13. The van der Waals surface area contributed by atoms with Crippen LogP contribution < -0.4 is 5.73 Å². The second-order valence-electron chi connectivity index (χ2n) is 5.51. The first-order chi connectivity index (χ1) is 6.66. The van der Waals surface area contributed by atoms with Gasteiger partial charge in [-0.05, 0) is 52.1 Å². The number of nitrogens with zero attached hydrogens (tertiary/aromatic N) is 1. The average Bonchev–Trinajstić information content (AvgIpc) is 2.71. The van der Waals surface area contributed by atoms with Crippen LogP contribution in [0.1, 0.15) is 46.0 Å². The summed E-state index contributed by atoms with van der Waals surface area (Å²) in [6, 6.07) is 0.863. The number of rotatable bonds is 2. The Morgan fingerprint density at radius 2 is 1.86 bits per heavy atom. The van der Waals surface area contributed by atoms with Crippen molar-refractivity contribution in [3.8, 4) is 0 Å². The number of hydrogen-bond donors (Lipinski definition) is 1. The van der Waals surface area contributed by atoms with E-state index in [-0.39, 0.29) is 0 Å². The van der Waals surface area contributed by atoms with E-state index in [1.165, 1.54) is 38.6 Å². The molecule has 0 aromatic carbocycles. The second-order valence-corrected chi connectivity index (χ2v) is 5.51. The molecule has 0 aromatic rings. The van der Waals surface area contributed by atoms with Crippen LogP contribution in [0.2, 0.25) is 0 Å². The monoisotopic (exact) mass is 196 g/mol. The molecule has 0 aromatic heterocycles. The molecular weight excluding hydrogens is 172 g/mol. The van der Waals surface area contributed by atoms with Crippen molar-refractivity contribution >= 4 is 0 Å². The van der Waals surface area contributed by atoms with Crippen LogP contribution in [0.15, 0.2) is 0 Å². The molecule has 14 heavy (non-hydrogen) atoms. The van der Waals surface area contributed by atoms with Gasteiger partial charge in [0.1, 0.15) is 0 Å². The zero-order valence-electron chi connectivity index (χ0n) is 9.63.